The number of alkyl halides is 6. The van der Waals surface area contributed by atoms with Gasteiger partial charge in [0.1, 0.15) is 6.07 Å². The Morgan fingerprint density at radius 1 is 0.906 bits per heavy atom. The van der Waals surface area contributed by atoms with Gasteiger partial charge in [-0.2, -0.15) is 31.6 Å². The molecular weight excluding hydrogens is 438 g/mol. The fourth-order valence-corrected chi connectivity index (χ4v) is 3.14. The Labute approximate surface area is 178 Å². The summed E-state index contributed by atoms with van der Waals surface area (Å²) < 4.78 is 84.8. The minimum absolute atomic E-state index is 0.0232. The van der Waals surface area contributed by atoms with Crippen molar-refractivity contribution in [3.63, 3.8) is 0 Å². The van der Waals surface area contributed by atoms with Crippen LogP contribution in [0.5, 0.6) is 11.5 Å². The van der Waals surface area contributed by atoms with Gasteiger partial charge in [-0.05, 0) is 55.0 Å². The molecule has 3 aromatic rings. The highest BCUT2D eigenvalue weighted by atomic mass is 19.4. The van der Waals surface area contributed by atoms with E-state index < -0.39 is 29.0 Å². The van der Waals surface area contributed by atoms with E-state index in [0.717, 1.165) is 0 Å². The summed E-state index contributed by atoms with van der Waals surface area (Å²) in [5.41, 5.74) is -3.07. The summed E-state index contributed by atoms with van der Waals surface area (Å²) in [6.07, 6.45) is -10.1. The molecule has 1 heterocycles. The number of hydrogen-bond acceptors (Lipinski definition) is 4. The van der Waals surface area contributed by atoms with Gasteiger partial charge in [-0.15, -0.1) is 0 Å². The van der Waals surface area contributed by atoms with Crippen molar-refractivity contribution in [3.05, 3.63) is 64.8 Å². The van der Waals surface area contributed by atoms with Crippen LogP contribution in [0.25, 0.3) is 22.4 Å². The van der Waals surface area contributed by atoms with E-state index in [-0.39, 0.29) is 40.1 Å². The van der Waals surface area contributed by atoms with Crippen molar-refractivity contribution in [1.29, 1.82) is 5.26 Å². The van der Waals surface area contributed by atoms with Crippen molar-refractivity contribution >= 4 is 0 Å². The Balaban J connectivity index is 2.32. The summed E-state index contributed by atoms with van der Waals surface area (Å²) in [7, 11) is 1.31. The highest BCUT2D eigenvalue weighted by Crippen LogP contribution is 2.40. The van der Waals surface area contributed by atoms with Crippen molar-refractivity contribution in [2.45, 2.75) is 19.3 Å². The monoisotopic (exact) mass is 452 g/mol. The molecule has 0 amide bonds. The average Bonchev–Trinajstić information content (AvgIpc) is 2.72. The lowest BCUT2D eigenvalue weighted by atomic mass is 9.94. The molecule has 0 saturated carbocycles. The number of phenolic OH excluding ortho intramolecular Hbond substituents is 1. The van der Waals surface area contributed by atoms with Crippen molar-refractivity contribution < 1.29 is 36.2 Å². The van der Waals surface area contributed by atoms with Crippen LogP contribution in [0, 0.1) is 18.3 Å². The van der Waals surface area contributed by atoms with E-state index in [1.165, 1.54) is 38.3 Å². The third-order valence-electron chi connectivity index (χ3n) is 4.69. The Morgan fingerprint density at radius 3 is 2.00 bits per heavy atom. The Kier molecular flexibility index (Phi) is 5.78. The number of halogens is 6. The minimum Gasteiger partial charge on any atom is -0.504 e. The number of rotatable bonds is 3. The van der Waals surface area contributed by atoms with Crippen LogP contribution >= 0.6 is 0 Å². The van der Waals surface area contributed by atoms with Crippen LogP contribution in [-0.2, 0) is 12.4 Å². The first kappa shape index (κ1) is 22.9. The Hall–Kier alpha value is -3.74. The topological polar surface area (TPSA) is 66.1 Å². The van der Waals surface area contributed by atoms with E-state index in [9.17, 15) is 36.7 Å². The molecule has 0 aliphatic rings. The lowest BCUT2D eigenvalue weighted by Crippen LogP contribution is -2.11. The van der Waals surface area contributed by atoms with E-state index in [1.807, 2.05) is 0 Å². The zero-order valence-corrected chi connectivity index (χ0v) is 16.6. The lowest BCUT2D eigenvalue weighted by Gasteiger charge is -2.16. The maximum absolute atomic E-state index is 13.3. The second-order valence-electron chi connectivity index (χ2n) is 6.81. The summed E-state index contributed by atoms with van der Waals surface area (Å²) in [6.45, 7) is 1.42. The number of ether oxygens (including phenoxy) is 1. The van der Waals surface area contributed by atoms with E-state index >= 15 is 0 Å². The molecule has 1 N–H and O–H groups in total. The molecule has 4 nitrogen and oxygen atoms in total. The fraction of sp³-hybridized carbons (Fsp3) is 0.182. The van der Waals surface area contributed by atoms with Crippen molar-refractivity contribution in [1.82, 2.24) is 4.98 Å². The molecule has 0 unspecified atom stereocenters. The number of nitrogens with zero attached hydrogens (tertiary/aromatic N) is 2. The second-order valence-corrected chi connectivity index (χ2v) is 6.81. The Morgan fingerprint density at radius 2 is 1.50 bits per heavy atom. The van der Waals surface area contributed by atoms with Gasteiger partial charge in [-0.25, -0.2) is 0 Å². The number of aromatic hydroxyl groups is 1. The molecule has 0 saturated heterocycles. The summed E-state index contributed by atoms with van der Waals surface area (Å²) in [5, 5.41) is 19.3. The number of phenols is 1. The van der Waals surface area contributed by atoms with E-state index in [4.69, 9.17) is 4.74 Å². The predicted molar refractivity (Wildman–Crippen MR) is 103 cm³/mol. The molecule has 0 aliphatic carbocycles. The molecule has 32 heavy (non-hydrogen) atoms. The average molecular weight is 452 g/mol. The molecular formula is C22H14F6N2O2. The van der Waals surface area contributed by atoms with Crippen LogP contribution in [0.4, 0.5) is 26.3 Å². The Bertz CT molecular complexity index is 1190. The molecule has 0 fully saturated rings. The molecule has 166 valence electrons. The first-order valence-electron chi connectivity index (χ1n) is 8.94. The number of pyridine rings is 1. The molecule has 2 aromatic carbocycles. The van der Waals surface area contributed by atoms with Gasteiger partial charge in [0.15, 0.2) is 11.5 Å². The summed E-state index contributed by atoms with van der Waals surface area (Å²) >= 11 is 0. The zero-order chi connectivity index (χ0) is 23.8. The molecule has 0 aliphatic heterocycles. The van der Waals surface area contributed by atoms with E-state index in [1.54, 1.807) is 6.07 Å². The molecule has 0 radical (unpaired) electrons. The quantitative estimate of drug-likeness (QED) is 0.471. The van der Waals surface area contributed by atoms with Crippen molar-refractivity contribution in [3.8, 4) is 40.0 Å². The van der Waals surface area contributed by atoms with Gasteiger partial charge in [0.25, 0.3) is 0 Å². The maximum Gasteiger partial charge on any atom is 0.416 e. The predicted octanol–water partition coefficient (Wildman–Crippen LogP) is 6.35. The molecule has 0 atom stereocenters. The summed E-state index contributed by atoms with van der Waals surface area (Å²) in [5.74, 6) is -0.0826. The van der Waals surface area contributed by atoms with Crippen LogP contribution in [0.3, 0.4) is 0 Å². The molecule has 0 bridgehead atoms. The number of methoxy groups -OCH3 is 1. The van der Waals surface area contributed by atoms with Crippen LogP contribution in [0.1, 0.15) is 22.4 Å². The maximum atomic E-state index is 13.3. The smallest absolute Gasteiger partial charge is 0.416 e. The van der Waals surface area contributed by atoms with E-state index in [0.29, 0.717) is 17.7 Å². The summed E-state index contributed by atoms with van der Waals surface area (Å²) in [6, 6.07) is 8.33. The van der Waals surface area contributed by atoms with Gasteiger partial charge in [-0.3, -0.25) is 4.98 Å². The van der Waals surface area contributed by atoms with Gasteiger partial charge in [0, 0.05) is 11.1 Å². The van der Waals surface area contributed by atoms with Gasteiger partial charge >= 0.3 is 12.4 Å². The van der Waals surface area contributed by atoms with Gasteiger partial charge < -0.3 is 9.84 Å². The highest BCUT2D eigenvalue weighted by molar-refractivity contribution is 5.78. The first-order valence-corrected chi connectivity index (χ1v) is 8.94. The molecule has 0 spiro atoms. The van der Waals surface area contributed by atoms with Crippen LogP contribution in [0.15, 0.2) is 42.5 Å². The summed E-state index contributed by atoms with van der Waals surface area (Å²) in [4.78, 5) is 4.24. The number of nitriles is 1. The second kappa shape index (κ2) is 8.07. The fourth-order valence-electron chi connectivity index (χ4n) is 3.14. The SMILES string of the molecule is COc1cc(-c2cc(-c3cc(C(F)(F)F)cc(C(F)(F)F)c3)c(C#N)c(C)n2)ccc1O. The van der Waals surface area contributed by atoms with Crippen molar-refractivity contribution in [2.24, 2.45) is 0 Å². The minimum atomic E-state index is -5.03. The molecule has 3 rings (SSSR count). The number of hydrogen-bond donors (Lipinski definition) is 1. The first-order chi connectivity index (χ1) is 14.8. The van der Waals surface area contributed by atoms with Gasteiger partial charge in [0.2, 0.25) is 0 Å². The third-order valence-corrected chi connectivity index (χ3v) is 4.69. The third kappa shape index (κ3) is 4.46. The van der Waals surface area contributed by atoms with Crippen LogP contribution < -0.4 is 4.74 Å². The highest BCUT2D eigenvalue weighted by Gasteiger charge is 2.37. The van der Waals surface area contributed by atoms with Gasteiger partial charge in [-0.1, -0.05) is 0 Å². The largest absolute Gasteiger partial charge is 0.504 e. The van der Waals surface area contributed by atoms with E-state index in [2.05, 4.69) is 4.98 Å². The lowest BCUT2D eigenvalue weighted by molar-refractivity contribution is -0.143. The van der Waals surface area contributed by atoms with Crippen LogP contribution in [0.2, 0.25) is 0 Å². The zero-order valence-electron chi connectivity index (χ0n) is 16.6. The number of aryl methyl sites for hydroxylation is 1. The standard InChI is InChI=1S/C22H14F6N2O2/c1-11-17(10-29)16(9-18(30-11)12-3-4-19(31)20(7-12)32-2)13-5-14(21(23,24)25)8-15(6-13)22(26,27)28/h3-9,31H,1-2H3. The van der Waals surface area contributed by atoms with Gasteiger partial charge in [0.05, 0.1) is 35.2 Å². The molecule has 10 heteroatoms. The number of aromatic nitrogens is 1. The van der Waals surface area contributed by atoms with Crippen LogP contribution in [-0.4, -0.2) is 17.2 Å². The molecule has 1 aromatic heterocycles. The van der Waals surface area contributed by atoms with Crippen molar-refractivity contribution in [2.75, 3.05) is 7.11 Å². The number of benzene rings is 2. The normalized spacial score (nSPS) is 11.8.